The summed E-state index contributed by atoms with van der Waals surface area (Å²) >= 11 is 0. The Kier molecular flexibility index (Phi) is 13.0. The van der Waals surface area contributed by atoms with Gasteiger partial charge in [-0.3, -0.25) is 4.79 Å². The molecule has 0 aliphatic carbocycles. The second-order valence-electron chi connectivity index (χ2n) is 11.0. The first-order chi connectivity index (χ1) is 22.6. The van der Waals surface area contributed by atoms with Crippen LogP contribution in [0, 0.1) is 5.41 Å². The fourth-order valence-electron chi connectivity index (χ4n) is 3.03. The van der Waals surface area contributed by atoms with E-state index in [1.807, 2.05) is 0 Å². The minimum atomic E-state index is -9.84. The number of ether oxygens (including phenoxy) is 1. The molecule has 0 heterocycles. The van der Waals surface area contributed by atoms with Gasteiger partial charge >= 0.3 is 82.8 Å². The van der Waals surface area contributed by atoms with Crippen LogP contribution in [0.2, 0.25) is 0 Å². The number of carbonyl (C=O) groups excluding carboxylic acids is 1. The van der Waals surface area contributed by atoms with Crippen molar-refractivity contribution in [1.29, 1.82) is 0 Å². The zero-order chi connectivity index (χ0) is 43.7. The van der Waals surface area contributed by atoms with Gasteiger partial charge in [0, 0.05) is 6.54 Å². The SMILES string of the molecule is CCC(C)(C)C(=O)OCCNS(=O)(=O)C(F)(F)C(F)(F)C(F)(F)C(F)(F)C(F)(F)C(F)(F)C(F)(F)C(F)(F)C(F)(F)C(F)(F)C(F)(F)C(F)(F)C(F)F. The average molecular weight is 873 g/mol. The summed E-state index contributed by atoms with van der Waals surface area (Å²) in [6.45, 7) is 0.0819. The molecule has 53 heavy (non-hydrogen) atoms. The molecular weight excluding hydrogens is 856 g/mol. The Morgan fingerprint density at radius 3 is 1.06 bits per heavy atom. The van der Waals surface area contributed by atoms with E-state index in [1.54, 1.807) is 0 Å². The quantitative estimate of drug-likeness (QED) is 0.0802. The van der Waals surface area contributed by atoms with E-state index in [2.05, 4.69) is 4.74 Å². The van der Waals surface area contributed by atoms with Crippen molar-refractivity contribution < 1.29 is 132 Å². The van der Waals surface area contributed by atoms with E-state index in [9.17, 15) is 127 Å². The molecule has 0 atom stereocenters. The van der Waals surface area contributed by atoms with Gasteiger partial charge in [0.1, 0.15) is 6.61 Å². The van der Waals surface area contributed by atoms with Crippen LogP contribution < -0.4 is 4.72 Å². The lowest BCUT2D eigenvalue weighted by molar-refractivity contribution is -0.478. The molecule has 1 N–H and O–H groups in total. The van der Waals surface area contributed by atoms with Gasteiger partial charge in [-0.2, -0.15) is 105 Å². The zero-order valence-corrected chi connectivity index (χ0v) is 25.9. The predicted molar refractivity (Wildman–Crippen MR) is 117 cm³/mol. The molecule has 0 rings (SSSR count). The summed E-state index contributed by atoms with van der Waals surface area (Å²) in [5.74, 6) is -104. The minimum absolute atomic E-state index is 0.0799. The molecule has 0 aromatic carbocycles. The summed E-state index contributed by atoms with van der Waals surface area (Å²) in [4.78, 5) is 11.7. The van der Waals surface area contributed by atoms with Crippen LogP contribution in [0.4, 0.5) is 114 Å². The minimum Gasteiger partial charge on any atom is -0.464 e. The Morgan fingerprint density at radius 2 is 0.792 bits per heavy atom. The Hall–Kier alpha value is -2.44. The van der Waals surface area contributed by atoms with Crippen molar-refractivity contribution in [3.63, 3.8) is 0 Å². The van der Waals surface area contributed by atoms with Crippen molar-refractivity contribution in [3.05, 3.63) is 0 Å². The molecule has 318 valence electrons. The standard InChI is InChI=1S/C21H17F26NO4S/c1-4-9(2,3)8(49)52-6-5-48-53(50,51)21(46,47)20(44,45)19(42,43)18(40,41)17(38,39)16(36,37)15(34,35)14(32,33)13(30,31)12(28,29)11(26,27)10(24,25)7(22)23/h7,48H,4-6H2,1-3H3. The van der Waals surface area contributed by atoms with Crippen molar-refractivity contribution in [2.75, 3.05) is 13.2 Å². The molecule has 0 saturated carbocycles. The molecule has 0 aliphatic rings. The highest BCUT2D eigenvalue weighted by Crippen LogP contribution is 2.68. The van der Waals surface area contributed by atoms with Crippen molar-refractivity contribution in [2.24, 2.45) is 5.41 Å². The Bertz CT molecular complexity index is 1440. The second-order valence-corrected chi connectivity index (χ2v) is 12.8. The molecule has 32 heteroatoms. The van der Waals surface area contributed by atoms with Crippen LogP contribution in [0.3, 0.4) is 0 Å². The third-order valence-corrected chi connectivity index (χ3v) is 8.52. The van der Waals surface area contributed by atoms with Gasteiger partial charge in [-0.25, -0.2) is 21.9 Å². The Labute approximate surface area is 276 Å². The van der Waals surface area contributed by atoms with E-state index in [4.69, 9.17) is 0 Å². The molecule has 0 aromatic heterocycles. The maximum Gasteiger partial charge on any atom is 0.427 e. The summed E-state index contributed by atoms with van der Waals surface area (Å²) in [5.41, 5.74) is -1.46. The van der Waals surface area contributed by atoms with Crippen LogP contribution in [0.1, 0.15) is 27.2 Å². The molecule has 0 amide bonds. The van der Waals surface area contributed by atoms with Crippen LogP contribution in [0.15, 0.2) is 0 Å². The lowest BCUT2D eigenvalue weighted by Crippen LogP contribution is -2.78. The number of rotatable bonds is 19. The lowest BCUT2D eigenvalue weighted by Gasteiger charge is -2.45. The van der Waals surface area contributed by atoms with E-state index in [0.717, 1.165) is 13.8 Å². The molecule has 0 bridgehead atoms. The van der Waals surface area contributed by atoms with E-state index < -0.39 is 111 Å². The Morgan fingerprint density at radius 1 is 0.528 bits per heavy atom. The van der Waals surface area contributed by atoms with Crippen molar-refractivity contribution in [3.8, 4) is 0 Å². The summed E-state index contributed by atoms with van der Waals surface area (Å²) in [6, 6.07) is 0. The van der Waals surface area contributed by atoms with Gasteiger partial charge in [-0.1, -0.05) is 6.92 Å². The van der Waals surface area contributed by atoms with Crippen molar-refractivity contribution in [2.45, 2.75) is 104 Å². The number of hydrogen-bond donors (Lipinski definition) is 1. The van der Waals surface area contributed by atoms with Crippen molar-refractivity contribution in [1.82, 2.24) is 4.72 Å². The van der Waals surface area contributed by atoms with E-state index in [-0.39, 0.29) is 11.1 Å². The summed E-state index contributed by atoms with van der Waals surface area (Å²) in [5, 5.41) is -8.08. The van der Waals surface area contributed by atoms with Gasteiger partial charge < -0.3 is 4.74 Å². The first-order valence-corrected chi connectivity index (χ1v) is 14.1. The number of esters is 1. The van der Waals surface area contributed by atoms with Crippen LogP contribution in [-0.2, 0) is 19.6 Å². The van der Waals surface area contributed by atoms with Crippen LogP contribution in [-0.4, -0.2) is 104 Å². The van der Waals surface area contributed by atoms with Gasteiger partial charge in [0.05, 0.1) is 5.41 Å². The molecule has 0 fully saturated rings. The molecule has 0 radical (unpaired) electrons. The first-order valence-electron chi connectivity index (χ1n) is 12.6. The van der Waals surface area contributed by atoms with Crippen LogP contribution in [0.5, 0.6) is 0 Å². The topological polar surface area (TPSA) is 72.5 Å². The number of carbonyl (C=O) groups is 1. The van der Waals surface area contributed by atoms with E-state index in [0.29, 0.717) is 0 Å². The second kappa shape index (κ2) is 13.6. The largest absolute Gasteiger partial charge is 0.464 e. The van der Waals surface area contributed by atoms with Gasteiger partial charge in [0.25, 0.3) is 10.0 Å². The number of hydrogen-bond acceptors (Lipinski definition) is 4. The highest BCUT2D eigenvalue weighted by atomic mass is 32.2. The molecule has 5 nitrogen and oxygen atoms in total. The number of alkyl halides is 26. The highest BCUT2D eigenvalue weighted by molar-refractivity contribution is 7.90. The summed E-state index contributed by atoms with van der Waals surface area (Å²) < 4.78 is 382. The predicted octanol–water partition coefficient (Wildman–Crippen LogP) is 8.73. The fraction of sp³-hybridized carbons (Fsp3) is 0.952. The molecule has 0 aromatic rings. The van der Waals surface area contributed by atoms with Gasteiger partial charge in [0.2, 0.25) is 0 Å². The Balaban J connectivity index is 7.15. The van der Waals surface area contributed by atoms with E-state index >= 15 is 0 Å². The molecule has 0 saturated heterocycles. The first kappa shape index (κ1) is 50.6. The van der Waals surface area contributed by atoms with Gasteiger partial charge in [0.15, 0.2) is 0 Å². The molecule has 0 aliphatic heterocycles. The number of nitrogens with one attached hydrogen (secondary N) is 1. The normalized spacial score (nSPS) is 16.3. The summed E-state index contributed by atoms with van der Waals surface area (Å²) in [7, 11) is -7.81. The fourth-order valence-corrected chi connectivity index (χ4v) is 4.02. The zero-order valence-electron chi connectivity index (χ0n) is 25.1. The third-order valence-electron chi connectivity index (χ3n) is 7.01. The van der Waals surface area contributed by atoms with Crippen LogP contribution >= 0.6 is 0 Å². The van der Waals surface area contributed by atoms with Crippen LogP contribution in [0.25, 0.3) is 0 Å². The number of sulfonamides is 1. The molecular formula is C21H17F26NO4S. The average Bonchev–Trinajstić information content (AvgIpc) is 2.97. The smallest absolute Gasteiger partial charge is 0.427 e. The maximum absolute atomic E-state index is 14.1. The monoisotopic (exact) mass is 873 g/mol. The maximum atomic E-state index is 14.1. The number of halogens is 26. The highest BCUT2D eigenvalue weighted by Gasteiger charge is 3.00. The van der Waals surface area contributed by atoms with Gasteiger partial charge in [-0.05, 0) is 20.3 Å². The van der Waals surface area contributed by atoms with Crippen molar-refractivity contribution >= 4 is 16.0 Å². The summed E-state index contributed by atoms with van der Waals surface area (Å²) in [6.07, 6.45) is -6.46. The van der Waals surface area contributed by atoms with Gasteiger partial charge in [-0.15, -0.1) is 0 Å². The molecule has 0 spiro atoms. The third kappa shape index (κ3) is 6.78. The van der Waals surface area contributed by atoms with E-state index in [1.165, 1.54) is 6.92 Å². The molecule has 0 unspecified atom stereocenters. The lowest BCUT2D eigenvalue weighted by atomic mass is 9.84.